The predicted octanol–water partition coefficient (Wildman–Crippen LogP) is 4.84. The molecule has 7 nitrogen and oxygen atoms in total. The summed E-state index contributed by atoms with van der Waals surface area (Å²) in [5, 5.41) is 7.77. The Hall–Kier alpha value is -4.52. The van der Waals surface area contributed by atoms with Crippen LogP contribution in [0.15, 0.2) is 102 Å². The van der Waals surface area contributed by atoms with E-state index in [4.69, 9.17) is 9.52 Å². The first-order valence-corrected chi connectivity index (χ1v) is 11.1. The number of nitrogens with zero attached hydrogens (tertiary/aromatic N) is 4. The molecule has 0 radical (unpaired) electrons. The zero-order chi connectivity index (χ0) is 23.2. The van der Waals surface area contributed by atoms with Gasteiger partial charge < -0.3 is 9.73 Å². The van der Waals surface area contributed by atoms with E-state index in [2.05, 4.69) is 15.3 Å². The van der Waals surface area contributed by atoms with Gasteiger partial charge in [0.25, 0.3) is 0 Å². The van der Waals surface area contributed by atoms with Crippen molar-refractivity contribution in [3.63, 3.8) is 0 Å². The van der Waals surface area contributed by atoms with Gasteiger partial charge in [-0.1, -0.05) is 48.5 Å². The van der Waals surface area contributed by atoms with Crippen LogP contribution < -0.4 is 5.32 Å². The fourth-order valence-electron chi connectivity index (χ4n) is 3.67. The number of carbonyl (C=O) groups is 1. The summed E-state index contributed by atoms with van der Waals surface area (Å²) in [5.74, 6) is 1.17. The highest BCUT2D eigenvalue weighted by molar-refractivity contribution is 5.76. The van der Waals surface area contributed by atoms with Gasteiger partial charge in [-0.25, -0.2) is 9.67 Å². The number of aryl methyl sites for hydroxylation is 1. The summed E-state index contributed by atoms with van der Waals surface area (Å²) in [6.07, 6.45) is 7.83. The van der Waals surface area contributed by atoms with Crippen LogP contribution in [-0.2, 0) is 17.8 Å². The van der Waals surface area contributed by atoms with E-state index in [1.165, 1.54) is 0 Å². The van der Waals surface area contributed by atoms with Crippen molar-refractivity contribution in [3.05, 3.63) is 109 Å². The van der Waals surface area contributed by atoms with Gasteiger partial charge in [0, 0.05) is 54.7 Å². The van der Waals surface area contributed by atoms with E-state index in [0.29, 0.717) is 24.6 Å². The zero-order valence-corrected chi connectivity index (χ0v) is 18.5. The summed E-state index contributed by atoms with van der Waals surface area (Å²) in [5.41, 5.74) is 4.60. The summed E-state index contributed by atoms with van der Waals surface area (Å²) < 4.78 is 7.63. The molecule has 0 aliphatic heterocycles. The highest BCUT2D eigenvalue weighted by atomic mass is 16.4. The Kier molecular flexibility index (Phi) is 6.25. The number of pyridine rings is 1. The van der Waals surface area contributed by atoms with Crippen LogP contribution in [0.1, 0.15) is 17.9 Å². The van der Waals surface area contributed by atoms with Crippen molar-refractivity contribution in [1.29, 1.82) is 0 Å². The number of aromatic nitrogens is 4. The van der Waals surface area contributed by atoms with Gasteiger partial charge in [0.05, 0.1) is 17.6 Å². The molecular weight excluding hydrogens is 426 g/mol. The van der Waals surface area contributed by atoms with Gasteiger partial charge in [-0.3, -0.25) is 9.78 Å². The fraction of sp³-hybridized carbons (Fsp3) is 0.111. The molecule has 0 bridgehead atoms. The molecule has 3 aromatic heterocycles. The molecule has 7 heteroatoms. The van der Waals surface area contributed by atoms with Crippen molar-refractivity contribution in [2.24, 2.45) is 0 Å². The molecule has 34 heavy (non-hydrogen) atoms. The molecule has 168 valence electrons. The van der Waals surface area contributed by atoms with Crippen LogP contribution >= 0.6 is 0 Å². The fourth-order valence-corrected chi connectivity index (χ4v) is 3.67. The minimum absolute atomic E-state index is 0.0763. The van der Waals surface area contributed by atoms with Gasteiger partial charge in [-0.15, -0.1) is 0 Å². The van der Waals surface area contributed by atoms with Crippen LogP contribution in [0, 0.1) is 0 Å². The lowest BCUT2D eigenvalue weighted by Crippen LogP contribution is -2.23. The monoisotopic (exact) mass is 449 g/mol. The Morgan fingerprint density at radius 3 is 2.41 bits per heavy atom. The first-order chi connectivity index (χ1) is 16.8. The molecule has 3 heterocycles. The Morgan fingerprint density at radius 1 is 0.912 bits per heavy atom. The van der Waals surface area contributed by atoms with Crippen LogP contribution in [0.25, 0.3) is 28.3 Å². The first kappa shape index (κ1) is 21.3. The molecular formula is C27H23N5O2. The van der Waals surface area contributed by atoms with E-state index in [0.717, 1.165) is 28.1 Å². The molecule has 0 saturated carbocycles. The Labute approximate surface area is 197 Å². The molecule has 5 rings (SSSR count). The van der Waals surface area contributed by atoms with E-state index in [1.807, 2.05) is 83.7 Å². The van der Waals surface area contributed by atoms with Gasteiger partial charge in [-0.05, 0) is 24.3 Å². The van der Waals surface area contributed by atoms with Crippen molar-refractivity contribution in [2.45, 2.75) is 19.4 Å². The molecule has 0 aliphatic rings. The molecule has 1 amide bonds. The normalized spacial score (nSPS) is 10.8. The third-order valence-corrected chi connectivity index (χ3v) is 5.42. The second-order valence-corrected chi connectivity index (χ2v) is 7.78. The Balaban J connectivity index is 1.25. The highest BCUT2D eigenvalue weighted by Crippen LogP contribution is 2.23. The van der Waals surface area contributed by atoms with E-state index < -0.39 is 0 Å². The average molecular weight is 450 g/mol. The van der Waals surface area contributed by atoms with Gasteiger partial charge in [0.2, 0.25) is 5.91 Å². The summed E-state index contributed by atoms with van der Waals surface area (Å²) >= 11 is 0. The number of oxazole rings is 1. The Morgan fingerprint density at radius 2 is 1.65 bits per heavy atom. The third kappa shape index (κ3) is 4.94. The number of amides is 1. The highest BCUT2D eigenvalue weighted by Gasteiger charge is 2.14. The maximum absolute atomic E-state index is 12.6. The number of hydrogen-bond acceptors (Lipinski definition) is 5. The summed E-state index contributed by atoms with van der Waals surface area (Å²) in [7, 11) is 0. The predicted molar refractivity (Wildman–Crippen MR) is 129 cm³/mol. The number of rotatable bonds is 8. The molecule has 0 fully saturated rings. The molecule has 0 saturated heterocycles. The lowest BCUT2D eigenvalue weighted by molar-refractivity contribution is -0.121. The molecule has 0 unspecified atom stereocenters. The number of nitrogens with one attached hydrogen (secondary N) is 1. The van der Waals surface area contributed by atoms with Gasteiger partial charge in [0.1, 0.15) is 0 Å². The summed E-state index contributed by atoms with van der Waals surface area (Å²) in [6, 6.07) is 23.5. The van der Waals surface area contributed by atoms with Crippen molar-refractivity contribution in [2.75, 3.05) is 0 Å². The minimum atomic E-state index is -0.0763. The van der Waals surface area contributed by atoms with Gasteiger partial charge in [0.15, 0.2) is 11.7 Å². The summed E-state index contributed by atoms with van der Waals surface area (Å²) in [4.78, 5) is 21.0. The van der Waals surface area contributed by atoms with E-state index in [1.54, 1.807) is 18.6 Å². The second-order valence-electron chi connectivity index (χ2n) is 7.78. The van der Waals surface area contributed by atoms with Gasteiger partial charge in [-0.2, -0.15) is 5.10 Å². The van der Waals surface area contributed by atoms with Crippen molar-refractivity contribution >= 4 is 5.91 Å². The molecule has 0 aliphatic carbocycles. The van der Waals surface area contributed by atoms with Crippen LogP contribution in [0.2, 0.25) is 0 Å². The van der Waals surface area contributed by atoms with Crippen LogP contribution in [-0.4, -0.2) is 25.7 Å². The molecule has 5 aromatic rings. The van der Waals surface area contributed by atoms with Crippen LogP contribution in [0.4, 0.5) is 0 Å². The first-order valence-electron chi connectivity index (χ1n) is 11.1. The number of para-hydroxylation sites is 1. The van der Waals surface area contributed by atoms with Crippen molar-refractivity contribution in [1.82, 2.24) is 25.1 Å². The van der Waals surface area contributed by atoms with Crippen molar-refractivity contribution < 1.29 is 9.21 Å². The zero-order valence-electron chi connectivity index (χ0n) is 18.5. The molecule has 0 spiro atoms. The van der Waals surface area contributed by atoms with Gasteiger partial charge >= 0.3 is 0 Å². The minimum Gasteiger partial charge on any atom is -0.441 e. The average Bonchev–Trinajstić information content (AvgIpc) is 3.55. The number of hydrogen-bond donors (Lipinski definition) is 1. The third-order valence-electron chi connectivity index (χ3n) is 5.42. The number of carbonyl (C=O) groups excluding carboxylic acids is 1. The maximum atomic E-state index is 12.6. The number of benzene rings is 2. The molecule has 1 N–H and O–H groups in total. The largest absolute Gasteiger partial charge is 0.441 e. The summed E-state index contributed by atoms with van der Waals surface area (Å²) in [6.45, 7) is 0.365. The van der Waals surface area contributed by atoms with E-state index >= 15 is 0 Å². The van der Waals surface area contributed by atoms with Crippen LogP contribution in [0.5, 0.6) is 0 Å². The maximum Gasteiger partial charge on any atom is 0.220 e. The smallest absolute Gasteiger partial charge is 0.220 e. The molecule has 2 aromatic carbocycles. The lowest BCUT2D eigenvalue weighted by atomic mass is 10.1. The van der Waals surface area contributed by atoms with E-state index in [9.17, 15) is 4.79 Å². The topological polar surface area (TPSA) is 85.8 Å². The lowest BCUT2D eigenvalue weighted by Gasteiger charge is -2.05. The Bertz CT molecular complexity index is 1360. The standard InChI is InChI=1S/C27H23N5O2/c33-25(11-12-26-30-18-24(34-26)20-7-3-1-4-8-20)29-17-22-19-32(23-9-5-2-6-10-23)31-27(22)21-13-15-28-16-14-21/h1-10,13-16,18-19H,11-12,17H2,(H,29,33). The molecule has 0 atom stereocenters. The van der Waals surface area contributed by atoms with Crippen molar-refractivity contribution in [3.8, 4) is 28.3 Å². The second kappa shape index (κ2) is 9.95. The van der Waals surface area contributed by atoms with E-state index in [-0.39, 0.29) is 12.3 Å². The van der Waals surface area contributed by atoms with Crippen LogP contribution in [0.3, 0.4) is 0 Å². The quantitative estimate of drug-likeness (QED) is 0.366. The SMILES string of the molecule is O=C(CCc1ncc(-c2ccccc2)o1)NCc1cn(-c2ccccc2)nc1-c1ccncc1.